The first kappa shape index (κ1) is 16.9. The van der Waals surface area contributed by atoms with E-state index < -0.39 is 19.7 Å². The second-order valence-corrected chi connectivity index (χ2v) is 10.6. The van der Waals surface area contributed by atoms with Crippen LogP contribution in [0, 0.1) is 0 Å². The lowest BCUT2D eigenvalue weighted by Crippen LogP contribution is -2.36. The second-order valence-electron chi connectivity index (χ2n) is 5.31. The summed E-state index contributed by atoms with van der Waals surface area (Å²) >= 11 is 3.27. The van der Waals surface area contributed by atoms with Crippen LogP contribution in [0.2, 0.25) is 0 Å². The summed E-state index contributed by atoms with van der Waals surface area (Å²) in [4.78, 5) is 2.12. The van der Waals surface area contributed by atoms with Gasteiger partial charge < -0.3 is 4.90 Å². The quantitative estimate of drug-likeness (QED) is 0.751. The standard InChI is InChI=1S/C13H18BrNO4S2/c1-15(12-6-8-20(16,17)10-12)7-9-21(18,19)13-4-2-11(14)3-5-13/h2-5,12H,6-10H2,1H3. The lowest BCUT2D eigenvalue weighted by molar-refractivity contribution is 0.276. The molecule has 1 aliphatic heterocycles. The molecule has 1 atom stereocenters. The summed E-state index contributed by atoms with van der Waals surface area (Å²) in [5.41, 5.74) is 0. The van der Waals surface area contributed by atoms with Gasteiger partial charge in [-0.15, -0.1) is 0 Å². The zero-order valence-corrected chi connectivity index (χ0v) is 14.9. The maximum absolute atomic E-state index is 12.2. The van der Waals surface area contributed by atoms with Gasteiger partial charge in [0.05, 0.1) is 22.2 Å². The highest BCUT2D eigenvalue weighted by Crippen LogP contribution is 2.18. The Balaban J connectivity index is 1.97. The van der Waals surface area contributed by atoms with Crippen molar-refractivity contribution in [2.45, 2.75) is 17.4 Å². The van der Waals surface area contributed by atoms with Crippen molar-refractivity contribution in [3.05, 3.63) is 28.7 Å². The van der Waals surface area contributed by atoms with Crippen LogP contribution in [-0.4, -0.2) is 58.6 Å². The number of nitrogens with zero attached hydrogens (tertiary/aromatic N) is 1. The third-order valence-electron chi connectivity index (χ3n) is 3.72. The highest BCUT2D eigenvalue weighted by molar-refractivity contribution is 9.10. The first-order valence-electron chi connectivity index (χ1n) is 6.59. The largest absolute Gasteiger partial charge is 0.301 e. The van der Waals surface area contributed by atoms with Gasteiger partial charge in [-0.3, -0.25) is 0 Å². The molecule has 5 nitrogen and oxygen atoms in total. The summed E-state index contributed by atoms with van der Waals surface area (Å²) in [6.07, 6.45) is 0.581. The molecule has 8 heteroatoms. The molecule has 1 aliphatic rings. The van der Waals surface area contributed by atoms with Crippen molar-refractivity contribution >= 4 is 35.6 Å². The van der Waals surface area contributed by atoms with Crippen molar-refractivity contribution in [3.8, 4) is 0 Å². The van der Waals surface area contributed by atoms with Crippen LogP contribution < -0.4 is 0 Å². The number of hydrogen-bond acceptors (Lipinski definition) is 5. The molecule has 0 aromatic heterocycles. The van der Waals surface area contributed by atoms with E-state index >= 15 is 0 Å². The van der Waals surface area contributed by atoms with E-state index in [9.17, 15) is 16.8 Å². The van der Waals surface area contributed by atoms with Crippen molar-refractivity contribution in [1.29, 1.82) is 0 Å². The Hall–Kier alpha value is -0.440. The number of sulfone groups is 2. The smallest absolute Gasteiger partial charge is 0.179 e. The molecule has 0 radical (unpaired) electrons. The van der Waals surface area contributed by atoms with E-state index in [1.54, 1.807) is 31.3 Å². The van der Waals surface area contributed by atoms with E-state index in [1.807, 2.05) is 4.90 Å². The maximum Gasteiger partial charge on any atom is 0.179 e. The maximum atomic E-state index is 12.2. The molecule has 2 rings (SSSR count). The van der Waals surface area contributed by atoms with Crippen molar-refractivity contribution < 1.29 is 16.8 Å². The van der Waals surface area contributed by atoms with Crippen molar-refractivity contribution in [2.24, 2.45) is 0 Å². The molecule has 1 saturated heterocycles. The van der Waals surface area contributed by atoms with E-state index in [1.165, 1.54) is 0 Å². The van der Waals surface area contributed by atoms with Gasteiger partial charge in [-0.1, -0.05) is 15.9 Å². The molecule has 1 fully saturated rings. The first-order chi connectivity index (χ1) is 9.70. The van der Waals surface area contributed by atoms with E-state index in [4.69, 9.17) is 0 Å². The summed E-state index contributed by atoms with van der Waals surface area (Å²) in [5.74, 6) is 0.310. The summed E-state index contributed by atoms with van der Waals surface area (Å²) in [5, 5.41) is 0. The predicted molar refractivity (Wildman–Crippen MR) is 85.9 cm³/mol. The van der Waals surface area contributed by atoms with Crippen molar-refractivity contribution in [1.82, 2.24) is 4.90 Å². The van der Waals surface area contributed by atoms with Crippen LogP contribution in [0.15, 0.2) is 33.6 Å². The average Bonchev–Trinajstić information content (AvgIpc) is 2.77. The van der Waals surface area contributed by atoms with Crippen LogP contribution in [-0.2, 0) is 19.7 Å². The van der Waals surface area contributed by atoms with Gasteiger partial charge in [0.15, 0.2) is 19.7 Å². The van der Waals surface area contributed by atoms with E-state index in [0.29, 0.717) is 13.0 Å². The van der Waals surface area contributed by atoms with Crippen molar-refractivity contribution in [2.75, 3.05) is 30.9 Å². The van der Waals surface area contributed by atoms with Gasteiger partial charge in [-0.2, -0.15) is 0 Å². The molecule has 0 spiro atoms. The summed E-state index contributed by atoms with van der Waals surface area (Å²) in [6.45, 7) is 0.332. The minimum Gasteiger partial charge on any atom is -0.301 e. The number of benzene rings is 1. The zero-order chi connectivity index (χ0) is 15.7. The predicted octanol–water partition coefficient (Wildman–Crippen LogP) is 1.34. The third-order valence-corrected chi connectivity index (χ3v) is 7.71. The molecule has 21 heavy (non-hydrogen) atoms. The Morgan fingerprint density at radius 2 is 1.90 bits per heavy atom. The monoisotopic (exact) mass is 395 g/mol. The molecule has 118 valence electrons. The summed E-state index contributed by atoms with van der Waals surface area (Å²) in [6, 6.07) is 6.45. The van der Waals surface area contributed by atoms with Crippen LogP contribution in [0.4, 0.5) is 0 Å². The van der Waals surface area contributed by atoms with Crippen molar-refractivity contribution in [3.63, 3.8) is 0 Å². The molecule has 0 N–H and O–H groups in total. The number of rotatable bonds is 5. The second kappa shape index (κ2) is 6.36. The molecule has 1 aromatic rings. The summed E-state index contributed by atoms with van der Waals surface area (Å²) < 4.78 is 48.2. The lowest BCUT2D eigenvalue weighted by atomic mass is 10.2. The zero-order valence-electron chi connectivity index (χ0n) is 11.7. The van der Waals surface area contributed by atoms with Crippen LogP contribution in [0.1, 0.15) is 6.42 Å². The molecule has 0 bridgehead atoms. The van der Waals surface area contributed by atoms with Crippen LogP contribution >= 0.6 is 15.9 Å². The van der Waals surface area contributed by atoms with Gasteiger partial charge in [0, 0.05) is 17.1 Å². The van der Waals surface area contributed by atoms with Crippen LogP contribution in [0.25, 0.3) is 0 Å². The Kier molecular flexibility index (Phi) is 5.12. The summed E-state index contributed by atoms with van der Waals surface area (Å²) in [7, 11) is -4.51. The van der Waals surface area contributed by atoms with Crippen LogP contribution in [0.3, 0.4) is 0 Å². The molecule has 1 heterocycles. The van der Waals surface area contributed by atoms with Gasteiger partial charge in [-0.05, 0) is 37.7 Å². The Morgan fingerprint density at radius 1 is 1.29 bits per heavy atom. The average molecular weight is 396 g/mol. The minimum absolute atomic E-state index is 0.0122. The molecule has 0 aliphatic carbocycles. The lowest BCUT2D eigenvalue weighted by Gasteiger charge is -2.22. The highest BCUT2D eigenvalue weighted by Gasteiger charge is 2.31. The molecule has 0 saturated carbocycles. The normalized spacial score (nSPS) is 21.8. The van der Waals surface area contributed by atoms with E-state index in [2.05, 4.69) is 15.9 Å². The SMILES string of the molecule is CN(CCS(=O)(=O)c1ccc(Br)cc1)C1CCS(=O)(=O)C1. The molecular formula is C13H18BrNO4S2. The molecular weight excluding hydrogens is 378 g/mol. The van der Waals surface area contributed by atoms with Crippen LogP contribution in [0.5, 0.6) is 0 Å². The van der Waals surface area contributed by atoms with Gasteiger partial charge in [0.2, 0.25) is 0 Å². The fourth-order valence-corrected chi connectivity index (χ4v) is 5.71. The van der Waals surface area contributed by atoms with Gasteiger partial charge in [0.25, 0.3) is 0 Å². The van der Waals surface area contributed by atoms with Gasteiger partial charge in [-0.25, -0.2) is 16.8 Å². The first-order valence-corrected chi connectivity index (χ1v) is 10.9. The molecule has 1 aromatic carbocycles. The topological polar surface area (TPSA) is 71.5 Å². The fraction of sp³-hybridized carbons (Fsp3) is 0.538. The highest BCUT2D eigenvalue weighted by atomic mass is 79.9. The molecule has 1 unspecified atom stereocenters. The third kappa shape index (κ3) is 4.51. The minimum atomic E-state index is -3.34. The Morgan fingerprint density at radius 3 is 2.43 bits per heavy atom. The van der Waals surface area contributed by atoms with E-state index in [-0.39, 0.29) is 28.2 Å². The molecule has 0 amide bonds. The number of hydrogen-bond donors (Lipinski definition) is 0. The van der Waals surface area contributed by atoms with Gasteiger partial charge >= 0.3 is 0 Å². The van der Waals surface area contributed by atoms with E-state index in [0.717, 1.165) is 4.47 Å². The Bertz CT molecular complexity index is 698. The Labute approximate surface area is 134 Å². The van der Waals surface area contributed by atoms with Gasteiger partial charge in [0.1, 0.15) is 0 Å². The fourth-order valence-electron chi connectivity index (χ4n) is 2.33. The number of halogens is 1.